The van der Waals surface area contributed by atoms with Gasteiger partial charge in [0.05, 0.1) is 23.4 Å². The van der Waals surface area contributed by atoms with E-state index in [0.29, 0.717) is 32.6 Å². The average molecular weight is 533 g/mol. The summed E-state index contributed by atoms with van der Waals surface area (Å²) in [7, 11) is 1.47. The Balaban J connectivity index is 1.57. The van der Waals surface area contributed by atoms with Gasteiger partial charge in [-0.2, -0.15) is 0 Å². The molecule has 1 fully saturated rings. The summed E-state index contributed by atoms with van der Waals surface area (Å²) < 4.78 is 7.90. The molecule has 1 saturated heterocycles. The van der Waals surface area contributed by atoms with Gasteiger partial charge in [-0.1, -0.05) is 48.5 Å². The smallest absolute Gasteiger partial charge is 0.265 e. The monoisotopic (exact) mass is 532 g/mol. The molecular weight excluding hydrogens is 500 g/mol. The number of rotatable bonds is 8. The number of fused-ring (bicyclic) bond motifs is 3. The number of para-hydroxylation sites is 1. The number of methoxy groups -OCH3 is 1. The highest BCUT2D eigenvalue weighted by molar-refractivity contribution is 7.22. The molecule has 1 aliphatic rings. The normalized spacial score (nSPS) is 15.6. The molecule has 4 aromatic rings. The first-order chi connectivity index (χ1) is 18.4. The van der Waals surface area contributed by atoms with Crippen LogP contribution in [0.5, 0.6) is 5.75 Å². The number of ketones is 1. The first kappa shape index (κ1) is 26.1. The van der Waals surface area contributed by atoms with E-state index in [-0.39, 0.29) is 29.0 Å². The summed E-state index contributed by atoms with van der Waals surface area (Å²) in [6.07, 6.45) is 1.68. The lowest BCUT2D eigenvalue weighted by molar-refractivity contribution is 0.0910. The fraction of sp³-hybridized carbons (Fsp3) is 0.345. The van der Waals surface area contributed by atoms with Crippen LogP contribution in [-0.4, -0.2) is 60.5 Å². The van der Waals surface area contributed by atoms with Crippen molar-refractivity contribution in [1.82, 2.24) is 14.8 Å². The lowest BCUT2D eigenvalue weighted by atomic mass is 10.0. The number of aromatic nitrogens is 1. The second kappa shape index (κ2) is 11.1. The fourth-order valence-electron chi connectivity index (χ4n) is 5.33. The third kappa shape index (κ3) is 4.73. The van der Waals surface area contributed by atoms with Crippen LogP contribution in [0.4, 0.5) is 0 Å². The summed E-state index contributed by atoms with van der Waals surface area (Å²) in [6, 6.07) is 15.7. The van der Waals surface area contributed by atoms with Crippen molar-refractivity contribution < 1.29 is 14.3 Å². The van der Waals surface area contributed by atoms with Crippen LogP contribution >= 0.6 is 11.3 Å². The van der Waals surface area contributed by atoms with E-state index < -0.39 is 6.04 Å². The highest BCUT2D eigenvalue weighted by Gasteiger charge is 2.29. The SMILES string of the molecule is COc1c(C(=O)NC2CCN(CCN)CC2)sc2c1c(=O)n(C(C)C(=O)c1ccccc1)c1ccccc21. The van der Waals surface area contributed by atoms with Crippen LogP contribution in [0.1, 0.15) is 45.8 Å². The molecule has 1 amide bonds. The van der Waals surface area contributed by atoms with Crippen LogP contribution in [0, 0.1) is 0 Å². The van der Waals surface area contributed by atoms with Gasteiger partial charge < -0.3 is 20.7 Å². The number of carbonyl (C=O) groups is 2. The van der Waals surface area contributed by atoms with Crippen molar-refractivity contribution >= 4 is 44.0 Å². The molecule has 3 N–H and O–H groups in total. The van der Waals surface area contributed by atoms with E-state index in [1.165, 1.54) is 23.0 Å². The van der Waals surface area contributed by atoms with E-state index in [1.807, 2.05) is 30.3 Å². The topological polar surface area (TPSA) is 107 Å². The molecule has 2 aromatic heterocycles. The molecule has 9 heteroatoms. The molecule has 1 atom stereocenters. The number of nitrogens with two attached hydrogens (primary N) is 1. The van der Waals surface area contributed by atoms with Crippen molar-refractivity contribution in [3.05, 3.63) is 75.4 Å². The lowest BCUT2D eigenvalue weighted by Crippen LogP contribution is -2.45. The van der Waals surface area contributed by atoms with E-state index >= 15 is 0 Å². The minimum atomic E-state index is -0.750. The third-order valence-electron chi connectivity index (χ3n) is 7.31. The highest BCUT2D eigenvalue weighted by atomic mass is 32.1. The molecular formula is C29H32N4O4S. The average Bonchev–Trinajstić information content (AvgIpc) is 3.35. The maximum Gasteiger partial charge on any atom is 0.265 e. The van der Waals surface area contributed by atoms with E-state index in [1.54, 1.807) is 31.2 Å². The van der Waals surface area contributed by atoms with Crippen LogP contribution in [-0.2, 0) is 0 Å². The van der Waals surface area contributed by atoms with E-state index in [4.69, 9.17) is 10.5 Å². The maximum absolute atomic E-state index is 14.0. The number of hydrogen-bond acceptors (Lipinski definition) is 7. The van der Waals surface area contributed by atoms with Gasteiger partial charge in [0, 0.05) is 43.2 Å². The molecule has 1 unspecified atom stereocenters. The summed E-state index contributed by atoms with van der Waals surface area (Å²) in [4.78, 5) is 43.5. The Kier molecular flexibility index (Phi) is 7.60. The number of amides is 1. The quantitative estimate of drug-likeness (QED) is 0.334. The number of nitrogens with one attached hydrogen (secondary N) is 1. The number of ether oxygens (including phenoxy) is 1. The molecule has 2 aromatic carbocycles. The van der Waals surface area contributed by atoms with Crippen molar-refractivity contribution in [3.8, 4) is 5.75 Å². The molecule has 198 valence electrons. The number of thiophene rings is 1. The maximum atomic E-state index is 14.0. The number of nitrogens with zero attached hydrogens (tertiary/aromatic N) is 2. The Labute approximate surface area is 225 Å². The number of piperidine rings is 1. The van der Waals surface area contributed by atoms with Crippen molar-refractivity contribution in [1.29, 1.82) is 0 Å². The molecule has 0 aliphatic carbocycles. The minimum Gasteiger partial charge on any atom is -0.494 e. The van der Waals surface area contributed by atoms with Gasteiger partial charge in [-0.3, -0.25) is 19.0 Å². The van der Waals surface area contributed by atoms with Gasteiger partial charge in [-0.25, -0.2) is 0 Å². The summed E-state index contributed by atoms with van der Waals surface area (Å²) in [5.74, 6) is -0.152. The van der Waals surface area contributed by atoms with Gasteiger partial charge in [-0.05, 0) is 25.8 Å². The second-order valence-corrected chi connectivity index (χ2v) is 10.7. The van der Waals surface area contributed by atoms with Crippen LogP contribution in [0.3, 0.4) is 0 Å². The lowest BCUT2D eigenvalue weighted by Gasteiger charge is -2.31. The molecule has 38 heavy (non-hydrogen) atoms. The first-order valence-electron chi connectivity index (χ1n) is 12.9. The molecule has 0 bridgehead atoms. The predicted octanol–water partition coefficient (Wildman–Crippen LogP) is 3.82. The van der Waals surface area contributed by atoms with Crippen molar-refractivity contribution in [3.63, 3.8) is 0 Å². The largest absolute Gasteiger partial charge is 0.494 e. The Bertz CT molecular complexity index is 1540. The number of likely N-dealkylation sites (tertiary alicyclic amines) is 1. The zero-order valence-electron chi connectivity index (χ0n) is 21.6. The summed E-state index contributed by atoms with van der Waals surface area (Å²) in [6.45, 7) is 4.98. The van der Waals surface area contributed by atoms with Crippen LogP contribution in [0.15, 0.2) is 59.4 Å². The molecule has 0 radical (unpaired) electrons. The van der Waals surface area contributed by atoms with Gasteiger partial charge in [-0.15, -0.1) is 11.3 Å². The van der Waals surface area contributed by atoms with Crippen LogP contribution < -0.4 is 21.3 Å². The van der Waals surface area contributed by atoms with Gasteiger partial charge >= 0.3 is 0 Å². The van der Waals surface area contributed by atoms with Crippen molar-refractivity contribution in [2.75, 3.05) is 33.3 Å². The third-order valence-corrected chi connectivity index (χ3v) is 8.51. The first-order valence-corrected chi connectivity index (χ1v) is 13.7. The Morgan fingerprint density at radius 2 is 1.79 bits per heavy atom. The number of pyridine rings is 1. The van der Waals surface area contributed by atoms with Gasteiger partial charge in [0.25, 0.3) is 11.5 Å². The standard InChI is InChI=1S/C29H32N4O4S/c1-18(24(34)19-8-4-3-5-9-19)33-22-11-7-6-10-21(22)26-23(29(33)36)25(37-2)27(38-26)28(35)31-20-12-15-32(16-13-20)17-14-30/h3-11,18,20H,12-17,30H2,1-2H3,(H,31,35). The highest BCUT2D eigenvalue weighted by Crippen LogP contribution is 2.40. The van der Waals surface area contributed by atoms with E-state index in [9.17, 15) is 14.4 Å². The predicted molar refractivity (Wildman–Crippen MR) is 152 cm³/mol. The molecule has 0 spiro atoms. The number of benzene rings is 2. The molecule has 1 aliphatic heterocycles. The van der Waals surface area contributed by atoms with Crippen LogP contribution in [0.25, 0.3) is 21.0 Å². The molecule has 3 heterocycles. The van der Waals surface area contributed by atoms with Gasteiger partial charge in [0.15, 0.2) is 11.5 Å². The van der Waals surface area contributed by atoms with E-state index in [2.05, 4.69) is 10.2 Å². The fourth-order valence-corrected chi connectivity index (χ4v) is 6.53. The molecule has 8 nitrogen and oxygen atoms in total. The Morgan fingerprint density at radius 3 is 2.47 bits per heavy atom. The van der Waals surface area contributed by atoms with Gasteiger partial charge in [0.2, 0.25) is 0 Å². The van der Waals surface area contributed by atoms with Crippen molar-refractivity contribution in [2.45, 2.75) is 31.8 Å². The molecule has 5 rings (SSSR count). The zero-order valence-corrected chi connectivity index (χ0v) is 22.4. The van der Waals surface area contributed by atoms with Crippen LogP contribution in [0.2, 0.25) is 0 Å². The Morgan fingerprint density at radius 1 is 1.11 bits per heavy atom. The van der Waals surface area contributed by atoms with Crippen molar-refractivity contribution in [2.24, 2.45) is 5.73 Å². The molecule has 0 saturated carbocycles. The van der Waals surface area contributed by atoms with Gasteiger partial charge in [0.1, 0.15) is 10.3 Å². The number of hydrogen-bond donors (Lipinski definition) is 2. The minimum absolute atomic E-state index is 0.0448. The summed E-state index contributed by atoms with van der Waals surface area (Å²) in [5.41, 5.74) is 6.50. The zero-order chi connectivity index (χ0) is 26.8. The second-order valence-electron chi connectivity index (χ2n) is 9.65. The number of carbonyl (C=O) groups excluding carboxylic acids is 2. The summed E-state index contributed by atoms with van der Waals surface area (Å²) in [5, 5.41) is 4.27. The number of Topliss-reactive ketones (excluding diaryl/α,β-unsaturated/α-hetero) is 1. The summed E-state index contributed by atoms with van der Waals surface area (Å²) >= 11 is 1.26. The van der Waals surface area contributed by atoms with E-state index in [0.717, 1.165) is 37.9 Å². The Hall–Kier alpha value is -3.53.